The molecule has 0 spiro atoms. The van der Waals surface area contributed by atoms with E-state index in [1.54, 1.807) is 10.9 Å². The molecule has 1 atom stereocenters. The number of benzene rings is 3. The number of aromatic nitrogens is 3. The van der Waals surface area contributed by atoms with Crippen molar-refractivity contribution in [2.75, 3.05) is 0 Å². The number of hydrogen-bond acceptors (Lipinski definition) is 3. The fourth-order valence-corrected chi connectivity index (χ4v) is 4.18. The van der Waals surface area contributed by atoms with Crippen molar-refractivity contribution in [2.24, 2.45) is 0 Å². The van der Waals surface area contributed by atoms with Gasteiger partial charge in [-0.05, 0) is 47.5 Å². The van der Waals surface area contributed by atoms with Crippen LogP contribution in [0.15, 0.2) is 97.2 Å². The second kappa shape index (κ2) is 8.71. The van der Waals surface area contributed by atoms with E-state index in [1.165, 1.54) is 0 Å². The van der Waals surface area contributed by atoms with Gasteiger partial charge in [0.05, 0.1) is 17.3 Å². The number of carboxylic acid groups (broad SMARTS) is 1. The maximum Gasteiger partial charge on any atom is 0.311 e. The Kier molecular flexibility index (Phi) is 5.45. The van der Waals surface area contributed by atoms with E-state index in [9.17, 15) is 9.90 Å². The number of nitrogens with zero attached hydrogens (tertiary/aromatic N) is 3. The van der Waals surface area contributed by atoms with Crippen LogP contribution >= 0.6 is 0 Å². The van der Waals surface area contributed by atoms with Crippen molar-refractivity contribution in [3.05, 3.63) is 114 Å². The van der Waals surface area contributed by atoms with Gasteiger partial charge < -0.3 is 5.11 Å². The maximum atomic E-state index is 12.1. The molecule has 0 radical (unpaired) electrons. The highest BCUT2D eigenvalue weighted by Crippen LogP contribution is 2.29. The fraction of sp³-hybridized carbons (Fsp3) is 0.107. The van der Waals surface area contributed by atoms with Crippen LogP contribution in [-0.2, 0) is 11.2 Å². The molecule has 3 aromatic carbocycles. The molecule has 33 heavy (non-hydrogen) atoms. The van der Waals surface area contributed by atoms with Gasteiger partial charge in [0, 0.05) is 18.2 Å². The number of pyridine rings is 1. The average Bonchev–Trinajstić information content (AvgIpc) is 3.27. The Labute approximate surface area is 192 Å². The van der Waals surface area contributed by atoms with Crippen LogP contribution in [0.3, 0.4) is 0 Å². The molecule has 5 nitrogen and oxygen atoms in total. The molecule has 5 aromatic rings. The maximum absolute atomic E-state index is 12.1. The number of aryl methyl sites for hydroxylation is 1. The number of fused-ring (bicyclic) bond motifs is 1. The van der Waals surface area contributed by atoms with Crippen LogP contribution in [0, 0.1) is 6.92 Å². The molecule has 1 N–H and O–H groups in total. The van der Waals surface area contributed by atoms with Crippen molar-refractivity contribution in [3.63, 3.8) is 0 Å². The van der Waals surface area contributed by atoms with Crippen molar-refractivity contribution in [1.29, 1.82) is 0 Å². The van der Waals surface area contributed by atoms with E-state index in [0.717, 1.165) is 33.2 Å². The van der Waals surface area contributed by atoms with E-state index in [2.05, 4.69) is 35.3 Å². The van der Waals surface area contributed by atoms with E-state index in [1.807, 2.05) is 67.6 Å². The molecule has 0 aliphatic heterocycles. The summed E-state index contributed by atoms with van der Waals surface area (Å²) in [7, 11) is 0. The first-order valence-corrected chi connectivity index (χ1v) is 10.9. The van der Waals surface area contributed by atoms with Crippen LogP contribution in [0.2, 0.25) is 0 Å². The summed E-state index contributed by atoms with van der Waals surface area (Å²) in [4.78, 5) is 16.6. The summed E-state index contributed by atoms with van der Waals surface area (Å²) in [6, 6.07) is 29.8. The normalized spacial score (nSPS) is 12.0. The van der Waals surface area contributed by atoms with E-state index >= 15 is 0 Å². The lowest BCUT2D eigenvalue weighted by atomic mass is 9.93. The quantitative estimate of drug-likeness (QED) is 0.367. The zero-order valence-electron chi connectivity index (χ0n) is 18.2. The van der Waals surface area contributed by atoms with Gasteiger partial charge in [-0.2, -0.15) is 5.10 Å². The van der Waals surface area contributed by atoms with Crippen LogP contribution < -0.4 is 0 Å². The van der Waals surface area contributed by atoms with Crippen LogP contribution in [0.25, 0.3) is 27.8 Å². The first-order valence-electron chi connectivity index (χ1n) is 10.9. The minimum Gasteiger partial charge on any atom is -0.481 e. The molecule has 2 heterocycles. The Balaban J connectivity index is 1.60. The van der Waals surface area contributed by atoms with Crippen LogP contribution in [0.4, 0.5) is 0 Å². The van der Waals surface area contributed by atoms with Gasteiger partial charge in [0.25, 0.3) is 0 Å². The second-order valence-corrected chi connectivity index (χ2v) is 8.19. The summed E-state index contributed by atoms with van der Waals surface area (Å²) >= 11 is 0. The largest absolute Gasteiger partial charge is 0.481 e. The molecular formula is C28H23N3O2. The molecule has 5 heteroatoms. The third-order valence-electron chi connectivity index (χ3n) is 5.83. The van der Waals surface area contributed by atoms with Crippen molar-refractivity contribution in [2.45, 2.75) is 19.3 Å². The Morgan fingerprint density at radius 2 is 1.73 bits per heavy atom. The molecular weight excluding hydrogens is 410 g/mol. The Bertz CT molecular complexity index is 1440. The summed E-state index contributed by atoms with van der Waals surface area (Å²) in [5, 5.41) is 17.1. The minimum absolute atomic E-state index is 0.291. The highest BCUT2D eigenvalue weighted by atomic mass is 16.4. The van der Waals surface area contributed by atoms with Gasteiger partial charge in [0.2, 0.25) is 0 Å². The van der Waals surface area contributed by atoms with Crippen molar-refractivity contribution >= 4 is 16.7 Å². The average molecular weight is 434 g/mol. The molecule has 0 aliphatic rings. The van der Waals surface area contributed by atoms with Gasteiger partial charge >= 0.3 is 5.97 Å². The topological polar surface area (TPSA) is 68.0 Å². The predicted molar refractivity (Wildman–Crippen MR) is 130 cm³/mol. The summed E-state index contributed by atoms with van der Waals surface area (Å²) in [6.45, 7) is 1.97. The minimum atomic E-state index is -0.861. The van der Waals surface area contributed by atoms with Gasteiger partial charge in [0.1, 0.15) is 0 Å². The van der Waals surface area contributed by atoms with E-state index in [4.69, 9.17) is 5.10 Å². The molecule has 0 unspecified atom stereocenters. The van der Waals surface area contributed by atoms with Crippen molar-refractivity contribution in [3.8, 4) is 17.1 Å². The first-order chi connectivity index (χ1) is 16.1. The lowest BCUT2D eigenvalue weighted by Gasteiger charge is -2.12. The monoisotopic (exact) mass is 433 g/mol. The molecule has 2 aromatic heterocycles. The van der Waals surface area contributed by atoms with Gasteiger partial charge in [-0.15, -0.1) is 0 Å². The zero-order chi connectivity index (χ0) is 22.8. The SMILES string of the molecule is Cc1cccc([C@H](Cc2cc(-c3ccc4ccccc4c3)n(-c3ccccn3)n2)C(=O)O)c1. The summed E-state index contributed by atoms with van der Waals surface area (Å²) in [5.74, 6) is -0.851. The van der Waals surface area contributed by atoms with Gasteiger partial charge in [-0.3, -0.25) is 4.79 Å². The highest BCUT2D eigenvalue weighted by Gasteiger charge is 2.23. The highest BCUT2D eigenvalue weighted by molar-refractivity contribution is 5.87. The van der Waals surface area contributed by atoms with Gasteiger partial charge in [0.15, 0.2) is 5.82 Å². The van der Waals surface area contributed by atoms with E-state index < -0.39 is 11.9 Å². The Morgan fingerprint density at radius 1 is 0.909 bits per heavy atom. The number of carbonyl (C=O) groups is 1. The fourth-order valence-electron chi connectivity index (χ4n) is 4.18. The van der Waals surface area contributed by atoms with E-state index in [0.29, 0.717) is 17.9 Å². The molecule has 0 fully saturated rings. The van der Waals surface area contributed by atoms with Crippen LogP contribution in [0.5, 0.6) is 0 Å². The third-order valence-corrected chi connectivity index (χ3v) is 5.83. The molecule has 0 amide bonds. The predicted octanol–water partition coefficient (Wildman–Crippen LogP) is 5.81. The molecule has 0 aliphatic carbocycles. The lowest BCUT2D eigenvalue weighted by molar-refractivity contribution is -0.138. The lowest BCUT2D eigenvalue weighted by Crippen LogP contribution is -2.15. The number of carboxylic acids is 1. The Hall–Kier alpha value is -4.25. The Morgan fingerprint density at radius 3 is 2.48 bits per heavy atom. The third kappa shape index (κ3) is 4.26. The number of hydrogen-bond donors (Lipinski definition) is 1. The van der Waals surface area contributed by atoms with Crippen LogP contribution in [0.1, 0.15) is 22.7 Å². The summed E-state index contributed by atoms with van der Waals surface area (Å²) in [6.07, 6.45) is 2.02. The second-order valence-electron chi connectivity index (χ2n) is 8.19. The molecule has 0 bridgehead atoms. The van der Waals surface area contributed by atoms with Gasteiger partial charge in [-0.1, -0.05) is 72.3 Å². The zero-order valence-corrected chi connectivity index (χ0v) is 18.2. The van der Waals surface area contributed by atoms with Crippen molar-refractivity contribution < 1.29 is 9.90 Å². The molecule has 162 valence electrons. The van der Waals surface area contributed by atoms with Crippen LogP contribution in [-0.4, -0.2) is 25.8 Å². The number of rotatable bonds is 6. The molecule has 0 saturated heterocycles. The number of aliphatic carboxylic acids is 1. The molecule has 0 saturated carbocycles. The first kappa shape index (κ1) is 20.6. The summed E-state index contributed by atoms with van der Waals surface area (Å²) < 4.78 is 1.80. The van der Waals surface area contributed by atoms with Crippen molar-refractivity contribution in [1.82, 2.24) is 14.8 Å². The standard InChI is InChI=1S/C28H23N3O2/c1-19-7-6-10-22(15-19)25(28(32)33)17-24-18-26(31(30-24)27-11-4-5-14-29-27)23-13-12-20-8-2-3-9-21(20)16-23/h2-16,18,25H,17H2,1H3,(H,32,33)/t25-/m0/s1. The summed E-state index contributed by atoms with van der Waals surface area (Å²) in [5.41, 5.74) is 4.40. The smallest absolute Gasteiger partial charge is 0.311 e. The molecule has 5 rings (SSSR count). The van der Waals surface area contributed by atoms with Gasteiger partial charge in [-0.25, -0.2) is 9.67 Å². The van der Waals surface area contributed by atoms with E-state index in [-0.39, 0.29) is 0 Å².